The van der Waals surface area contributed by atoms with E-state index in [-0.39, 0.29) is 29.8 Å². The number of hydrogen-bond acceptors (Lipinski definition) is 3. The first-order valence-corrected chi connectivity index (χ1v) is 5.56. The predicted octanol–water partition coefficient (Wildman–Crippen LogP) is 3.15. The number of aromatic nitrogens is 1. The van der Waals surface area contributed by atoms with E-state index in [9.17, 15) is 18.0 Å². The number of aryl methyl sites for hydroxylation is 2. The van der Waals surface area contributed by atoms with Crippen LogP contribution in [0.2, 0.25) is 0 Å². The maximum Gasteiger partial charge on any atom is 0.433 e. The number of carbonyl (C=O) groups excluding carboxylic acids is 1. The lowest BCUT2D eigenvalue weighted by Gasteiger charge is -2.13. The van der Waals surface area contributed by atoms with Crippen LogP contribution in [0.15, 0.2) is 6.07 Å². The van der Waals surface area contributed by atoms with Crippen LogP contribution < -0.4 is 0 Å². The highest BCUT2D eigenvalue weighted by Gasteiger charge is 2.34. The van der Waals surface area contributed by atoms with Crippen molar-refractivity contribution in [1.82, 2.24) is 4.98 Å². The van der Waals surface area contributed by atoms with Gasteiger partial charge in [0.1, 0.15) is 5.69 Å². The summed E-state index contributed by atoms with van der Waals surface area (Å²) < 4.78 is 42.6. The van der Waals surface area contributed by atoms with Crippen LogP contribution in [-0.2, 0) is 17.3 Å². The molecule has 1 rings (SSSR count). The number of carbonyl (C=O) groups is 1. The van der Waals surface area contributed by atoms with Crippen LogP contribution in [0, 0.1) is 6.92 Å². The van der Waals surface area contributed by atoms with Crippen LogP contribution in [0.25, 0.3) is 0 Å². The van der Waals surface area contributed by atoms with E-state index in [0.717, 1.165) is 6.07 Å². The van der Waals surface area contributed by atoms with Gasteiger partial charge in [-0.2, -0.15) is 13.2 Å². The monoisotopic (exact) mass is 261 g/mol. The number of ether oxygens (including phenoxy) is 1. The lowest BCUT2D eigenvalue weighted by molar-refractivity contribution is -0.141. The van der Waals surface area contributed by atoms with Crippen molar-refractivity contribution in [3.05, 3.63) is 28.6 Å². The molecular formula is C12H14F3NO2. The molecule has 1 heterocycles. The standard InChI is InChI=1S/C12H14F3NO2/c1-4-8-10(11(17)18-5-2)7(3)6-9(16-8)12(13,14)15/h6H,4-5H2,1-3H3. The van der Waals surface area contributed by atoms with Gasteiger partial charge in [0.15, 0.2) is 0 Å². The second-order valence-corrected chi connectivity index (χ2v) is 3.72. The topological polar surface area (TPSA) is 39.2 Å². The SMILES string of the molecule is CCOC(=O)c1c(C)cc(C(F)(F)F)nc1CC. The third-order valence-electron chi connectivity index (χ3n) is 2.40. The van der Waals surface area contributed by atoms with E-state index in [4.69, 9.17) is 4.74 Å². The largest absolute Gasteiger partial charge is 0.462 e. The zero-order valence-electron chi connectivity index (χ0n) is 10.4. The van der Waals surface area contributed by atoms with E-state index < -0.39 is 17.8 Å². The van der Waals surface area contributed by atoms with Gasteiger partial charge in [0.2, 0.25) is 0 Å². The molecule has 0 aliphatic rings. The van der Waals surface area contributed by atoms with Crippen LogP contribution >= 0.6 is 0 Å². The average molecular weight is 261 g/mol. The fourth-order valence-electron chi connectivity index (χ4n) is 1.62. The first kappa shape index (κ1) is 14.5. The summed E-state index contributed by atoms with van der Waals surface area (Å²) in [5, 5.41) is 0. The Morgan fingerprint density at radius 1 is 1.39 bits per heavy atom. The number of halogens is 3. The summed E-state index contributed by atoms with van der Waals surface area (Å²) in [4.78, 5) is 15.2. The summed E-state index contributed by atoms with van der Waals surface area (Å²) in [6.07, 6.45) is -4.28. The molecule has 6 heteroatoms. The number of esters is 1. The van der Waals surface area contributed by atoms with Gasteiger partial charge in [-0.05, 0) is 31.9 Å². The van der Waals surface area contributed by atoms with Crippen molar-refractivity contribution in [2.75, 3.05) is 6.61 Å². The van der Waals surface area contributed by atoms with Crippen LogP contribution in [0.4, 0.5) is 13.2 Å². The maximum absolute atomic E-state index is 12.6. The molecule has 1 aromatic heterocycles. The summed E-state index contributed by atoms with van der Waals surface area (Å²) in [5.41, 5.74) is -0.509. The van der Waals surface area contributed by atoms with Crippen LogP contribution in [0.3, 0.4) is 0 Å². The fraction of sp³-hybridized carbons (Fsp3) is 0.500. The van der Waals surface area contributed by atoms with Crippen LogP contribution in [0.5, 0.6) is 0 Å². The van der Waals surface area contributed by atoms with E-state index in [1.165, 1.54) is 6.92 Å². The highest BCUT2D eigenvalue weighted by molar-refractivity contribution is 5.92. The predicted molar refractivity (Wildman–Crippen MR) is 59.3 cm³/mol. The Morgan fingerprint density at radius 3 is 2.44 bits per heavy atom. The van der Waals surface area contributed by atoms with Crippen molar-refractivity contribution < 1.29 is 22.7 Å². The molecule has 0 aliphatic heterocycles. The Hall–Kier alpha value is -1.59. The molecule has 3 nitrogen and oxygen atoms in total. The van der Waals surface area contributed by atoms with Gasteiger partial charge in [0, 0.05) is 0 Å². The minimum atomic E-state index is -4.51. The van der Waals surface area contributed by atoms with Crippen molar-refractivity contribution in [2.24, 2.45) is 0 Å². The van der Waals surface area contributed by atoms with E-state index in [0.29, 0.717) is 0 Å². The molecule has 0 bridgehead atoms. The van der Waals surface area contributed by atoms with Crippen molar-refractivity contribution in [3.63, 3.8) is 0 Å². The first-order chi connectivity index (χ1) is 8.31. The second kappa shape index (κ2) is 5.37. The quantitative estimate of drug-likeness (QED) is 0.784. The lowest BCUT2D eigenvalue weighted by atomic mass is 10.0. The molecule has 0 aromatic carbocycles. The van der Waals surface area contributed by atoms with Crippen molar-refractivity contribution in [1.29, 1.82) is 0 Å². The minimum absolute atomic E-state index is 0.112. The third kappa shape index (κ3) is 3.00. The fourth-order valence-corrected chi connectivity index (χ4v) is 1.62. The van der Waals surface area contributed by atoms with E-state index in [1.807, 2.05) is 0 Å². The van der Waals surface area contributed by atoms with Gasteiger partial charge >= 0.3 is 12.1 Å². The Kier molecular flexibility index (Phi) is 4.32. The molecule has 100 valence electrons. The number of alkyl halides is 3. The molecule has 1 aromatic rings. The lowest BCUT2D eigenvalue weighted by Crippen LogP contribution is -2.16. The van der Waals surface area contributed by atoms with Gasteiger partial charge in [-0.25, -0.2) is 9.78 Å². The molecule has 0 saturated carbocycles. The molecule has 0 amide bonds. The number of nitrogens with zero attached hydrogens (tertiary/aromatic N) is 1. The summed E-state index contributed by atoms with van der Waals surface area (Å²) in [7, 11) is 0. The molecule has 0 N–H and O–H groups in total. The van der Waals surface area contributed by atoms with E-state index >= 15 is 0 Å². The van der Waals surface area contributed by atoms with Crippen molar-refractivity contribution in [2.45, 2.75) is 33.4 Å². The Labute approximate surface area is 103 Å². The molecule has 0 aliphatic carbocycles. The normalized spacial score (nSPS) is 11.4. The van der Waals surface area contributed by atoms with Crippen molar-refractivity contribution in [3.8, 4) is 0 Å². The number of hydrogen-bond donors (Lipinski definition) is 0. The Balaban J connectivity index is 3.33. The number of rotatable bonds is 3. The highest BCUT2D eigenvalue weighted by Crippen LogP contribution is 2.30. The summed E-state index contributed by atoms with van der Waals surface area (Å²) in [6, 6.07) is 0.866. The van der Waals surface area contributed by atoms with Crippen molar-refractivity contribution >= 4 is 5.97 Å². The van der Waals surface area contributed by atoms with Gasteiger partial charge in [-0.15, -0.1) is 0 Å². The molecule has 18 heavy (non-hydrogen) atoms. The van der Waals surface area contributed by atoms with Gasteiger partial charge in [0.05, 0.1) is 17.9 Å². The van der Waals surface area contributed by atoms with E-state index in [2.05, 4.69) is 4.98 Å². The minimum Gasteiger partial charge on any atom is -0.462 e. The summed E-state index contributed by atoms with van der Waals surface area (Å²) >= 11 is 0. The second-order valence-electron chi connectivity index (χ2n) is 3.72. The molecule has 0 spiro atoms. The molecule has 0 saturated heterocycles. The Bertz CT molecular complexity index is 455. The highest BCUT2D eigenvalue weighted by atomic mass is 19.4. The zero-order chi connectivity index (χ0) is 13.9. The van der Waals surface area contributed by atoms with Gasteiger partial charge < -0.3 is 4.74 Å². The van der Waals surface area contributed by atoms with Gasteiger partial charge in [-0.3, -0.25) is 0 Å². The summed E-state index contributed by atoms with van der Waals surface area (Å²) in [5.74, 6) is -0.631. The average Bonchev–Trinajstić information content (AvgIpc) is 2.26. The first-order valence-electron chi connectivity index (χ1n) is 5.56. The van der Waals surface area contributed by atoms with Crippen LogP contribution in [0.1, 0.15) is 41.2 Å². The molecule has 0 atom stereocenters. The maximum atomic E-state index is 12.6. The van der Waals surface area contributed by atoms with Gasteiger partial charge in [-0.1, -0.05) is 6.92 Å². The zero-order valence-corrected chi connectivity index (χ0v) is 10.4. The molecule has 0 unspecified atom stereocenters. The molecule has 0 radical (unpaired) electrons. The van der Waals surface area contributed by atoms with Crippen LogP contribution in [-0.4, -0.2) is 17.6 Å². The summed E-state index contributed by atoms with van der Waals surface area (Å²) in [6.45, 7) is 4.89. The molecular weight excluding hydrogens is 247 g/mol. The third-order valence-corrected chi connectivity index (χ3v) is 2.40. The van der Waals surface area contributed by atoms with E-state index in [1.54, 1.807) is 13.8 Å². The number of pyridine rings is 1. The molecule has 0 fully saturated rings. The smallest absolute Gasteiger partial charge is 0.433 e. The Morgan fingerprint density at radius 2 is 2.00 bits per heavy atom. The van der Waals surface area contributed by atoms with Gasteiger partial charge in [0.25, 0.3) is 0 Å².